The normalized spacial score (nSPS) is 12.6. The molecule has 78 valence electrons. The summed E-state index contributed by atoms with van der Waals surface area (Å²) >= 11 is 5.82. The first-order valence-corrected chi connectivity index (χ1v) is 4.89. The molecule has 14 heavy (non-hydrogen) atoms. The number of hydrogen-bond acceptors (Lipinski definition) is 4. The molecule has 1 rings (SSSR count). The number of nitrogens with zero attached hydrogens (tertiary/aromatic N) is 2. The van der Waals surface area contributed by atoms with Crippen LogP contribution in [-0.4, -0.2) is 22.8 Å². The lowest BCUT2D eigenvalue weighted by molar-refractivity contribution is 0.773. The van der Waals surface area contributed by atoms with Crippen molar-refractivity contribution in [1.82, 2.24) is 10.2 Å². The van der Waals surface area contributed by atoms with Gasteiger partial charge in [0.1, 0.15) is 0 Å². The molecule has 0 saturated carbocycles. The van der Waals surface area contributed by atoms with Crippen LogP contribution in [0.25, 0.3) is 0 Å². The van der Waals surface area contributed by atoms with Crippen LogP contribution < -0.4 is 11.1 Å². The average Bonchev–Trinajstić information content (AvgIpc) is 2.13. The lowest BCUT2D eigenvalue weighted by Gasteiger charge is -2.11. The van der Waals surface area contributed by atoms with Gasteiger partial charge in [-0.15, -0.1) is 10.2 Å². The predicted molar refractivity (Wildman–Crippen MR) is 58.7 cm³/mol. The van der Waals surface area contributed by atoms with Gasteiger partial charge in [-0.25, -0.2) is 0 Å². The number of aromatic nitrogens is 2. The molecule has 0 amide bonds. The Morgan fingerprint density at radius 2 is 2.00 bits per heavy atom. The number of halogens is 1. The van der Waals surface area contributed by atoms with Gasteiger partial charge in [0.05, 0.1) is 0 Å². The topological polar surface area (TPSA) is 63.8 Å². The summed E-state index contributed by atoms with van der Waals surface area (Å²) in [5, 5.41) is 11.4. The van der Waals surface area contributed by atoms with E-state index in [0.717, 1.165) is 16.9 Å². The molecule has 3 N–H and O–H groups in total. The van der Waals surface area contributed by atoms with Crippen molar-refractivity contribution in [1.29, 1.82) is 0 Å². The fourth-order valence-corrected chi connectivity index (χ4v) is 1.18. The van der Waals surface area contributed by atoms with Crippen molar-refractivity contribution in [3.63, 3.8) is 0 Å². The fraction of sp³-hybridized carbons (Fsp3) is 0.556. The van der Waals surface area contributed by atoms with Crippen molar-refractivity contribution < 1.29 is 0 Å². The van der Waals surface area contributed by atoms with Crippen LogP contribution in [0.2, 0.25) is 5.15 Å². The summed E-state index contributed by atoms with van der Waals surface area (Å²) in [6.45, 7) is 6.48. The zero-order valence-corrected chi connectivity index (χ0v) is 9.39. The van der Waals surface area contributed by atoms with Gasteiger partial charge in [-0.05, 0) is 31.9 Å². The smallest absolute Gasteiger partial charge is 0.155 e. The number of nitrogens with two attached hydrogens (primary N) is 1. The average molecular weight is 215 g/mol. The molecule has 1 aromatic heterocycles. The Morgan fingerprint density at radius 3 is 2.57 bits per heavy atom. The van der Waals surface area contributed by atoms with E-state index >= 15 is 0 Å². The van der Waals surface area contributed by atoms with E-state index in [0.29, 0.717) is 11.7 Å². The van der Waals surface area contributed by atoms with E-state index in [2.05, 4.69) is 15.5 Å². The van der Waals surface area contributed by atoms with Crippen LogP contribution in [0.15, 0.2) is 0 Å². The van der Waals surface area contributed by atoms with Crippen LogP contribution in [-0.2, 0) is 0 Å². The first-order valence-electron chi connectivity index (χ1n) is 4.51. The summed E-state index contributed by atoms with van der Waals surface area (Å²) in [6.07, 6.45) is 0. The second-order valence-electron chi connectivity index (χ2n) is 3.45. The molecule has 0 aliphatic rings. The van der Waals surface area contributed by atoms with Crippen molar-refractivity contribution in [2.75, 3.05) is 11.9 Å². The van der Waals surface area contributed by atoms with Crippen LogP contribution >= 0.6 is 11.6 Å². The third kappa shape index (κ3) is 2.56. The van der Waals surface area contributed by atoms with E-state index in [-0.39, 0.29) is 6.04 Å². The van der Waals surface area contributed by atoms with E-state index in [1.807, 2.05) is 20.8 Å². The molecular weight excluding hydrogens is 200 g/mol. The van der Waals surface area contributed by atoms with E-state index in [1.165, 1.54) is 0 Å². The summed E-state index contributed by atoms with van der Waals surface area (Å²) in [4.78, 5) is 0. The quantitative estimate of drug-likeness (QED) is 0.801. The molecule has 0 saturated heterocycles. The van der Waals surface area contributed by atoms with Gasteiger partial charge in [-0.2, -0.15) is 0 Å². The predicted octanol–water partition coefficient (Wildman–Crippen LogP) is 1.51. The van der Waals surface area contributed by atoms with Crippen LogP contribution in [0.1, 0.15) is 18.1 Å². The number of rotatable bonds is 3. The molecule has 0 fully saturated rings. The Hall–Kier alpha value is -0.870. The number of hydrogen-bond donors (Lipinski definition) is 2. The highest BCUT2D eigenvalue weighted by molar-refractivity contribution is 6.30. The molecule has 0 unspecified atom stereocenters. The van der Waals surface area contributed by atoms with Gasteiger partial charge in [0.2, 0.25) is 0 Å². The molecule has 4 nitrogen and oxygen atoms in total. The standard InChI is InChI=1S/C9H15ClN4/c1-5(11)4-12-9-7(3)6(2)8(10)13-14-9/h5H,4,11H2,1-3H3,(H,12,14)/t5-/m1/s1. The maximum atomic E-state index is 5.82. The summed E-state index contributed by atoms with van der Waals surface area (Å²) in [5.41, 5.74) is 7.59. The Balaban J connectivity index is 2.83. The maximum absolute atomic E-state index is 5.82. The molecule has 0 spiro atoms. The van der Waals surface area contributed by atoms with Crippen LogP contribution in [0.4, 0.5) is 5.82 Å². The Kier molecular flexibility index (Phi) is 3.66. The number of nitrogens with one attached hydrogen (secondary N) is 1. The first-order chi connectivity index (χ1) is 6.52. The Morgan fingerprint density at radius 1 is 1.36 bits per heavy atom. The molecular formula is C9H15ClN4. The van der Waals surface area contributed by atoms with Crippen molar-refractivity contribution >= 4 is 17.4 Å². The largest absolute Gasteiger partial charge is 0.367 e. The van der Waals surface area contributed by atoms with Gasteiger partial charge in [0.25, 0.3) is 0 Å². The van der Waals surface area contributed by atoms with Gasteiger partial charge in [0, 0.05) is 12.6 Å². The molecule has 1 heterocycles. The fourth-order valence-electron chi connectivity index (χ4n) is 1.00. The lowest BCUT2D eigenvalue weighted by atomic mass is 10.2. The maximum Gasteiger partial charge on any atom is 0.155 e. The first kappa shape index (κ1) is 11.2. The molecule has 0 radical (unpaired) electrons. The van der Waals surface area contributed by atoms with Gasteiger partial charge in [0.15, 0.2) is 11.0 Å². The molecule has 0 bridgehead atoms. The summed E-state index contributed by atoms with van der Waals surface area (Å²) < 4.78 is 0. The zero-order chi connectivity index (χ0) is 10.7. The SMILES string of the molecule is Cc1c(Cl)nnc(NC[C@@H](C)N)c1C. The van der Waals surface area contributed by atoms with E-state index in [1.54, 1.807) is 0 Å². The van der Waals surface area contributed by atoms with Crippen LogP contribution in [0.5, 0.6) is 0 Å². The summed E-state index contributed by atoms with van der Waals surface area (Å²) in [6, 6.07) is 0.0900. The molecule has 0 aliphatic heterocycles. The third-order valence-electron chi connectivity index (χ3n) is 2.06. The minimum atomic E-state index is 0.0900. The Bertz CT molecular complexity index is 325. The van der Waals surface area contributed by atoms with Gasteiger partial charge in [-0.1, -0.05) is 11.6 Å². The monoisotopic (exact) mass is 214 g/mol. The van der Waals surface area contributed by atoms with Gasteiger partial charge >= 0.3 is 0 Å². The summed E-state index contributed by atoms with van der Waals surface area (Å²) in [7, 11) is 0. The number of anilines is 1. The van der Waals surface area contributed by atoms with Crippen molar-refractivity contribution in [2.24, 2.45) is 5.73 Å². The minimum Gasteiger partial charge on any atom is -0.367 e. The van der Waals surface area contributed by atoms with E-state index < -0.39 is 0 Å². The third-order valence-corrected chi connectivity index (χ3v) is 2.42. The molecule has 1 atom stereocenters. The van der Waals surface area contributed by atoms with Crippen molar-refractivity contribution in [2.45, 2.75) is 26.8 Å². The van der Waals surface area contributed by atoms with E-state index in [4.69, 9.17) is 17.3 Å². The van der Waals surface area contributed by atoms with Gasteiger partial charge in [-0.3, -0.25) is 0 Å². The highest BCUT2D eigenvalue weighted by Gasteiger charge is 2.07. The van der Waals surface area contributed by atoms with Crippen molar-refractivity contribution in [3.8, 4) is 0 Å². The Labute approximate surface area is 88.9 Å². The van der Waals surface area contributed by atoms with E-state index in [9.17, 15) is 0 Å². The minimum absolute atomic E-state index is 0.0900. The lowest BCUT2D eigenvalue weighted by Crippen LogP contribution is -2.26. The van der Waals surface area contributed by atoms with Crippen molar-refractivity contribution in [3.05, 3.63) is 16.3 Å². The van der Waals surface area contributed by atoms with Crippen LogP contribution in [0, 0.1) is 13.8 Å². The van der Waals surface area contributed by atoms with Crippen LogP contribution in [0.3, 0.4) is 0 Å². The molecule has 1 aromatic rings. The van der Waals surface area contributed by atoms with Gasteiger partial charge < -0.3 is 11.1 Å². The zero-order valence-electron chi connectivity index (χ0n) is 8.63. The summed E-state index contributed by atoms with van der Waals surface area (Å²) in [5.74, 6) is 0.754. The second kappa shape index (κ2) is 4.57. The molecule has 0 aliphatic carbocycles. The molecule has 5 heteroatoms. The highest BCUT2D eigenvalue weighted by Crippen LogP contribution is 2.20. The molecule has 0 aromatic carbocycles. The highest BCUT2D eigenvalue weighted by atomic mass is 35.5. The second-order valence-corrected chi connectivity index (χ2v) is 3.81.